The summed E-state index contributed by atoms with van der Waals surface area (Å²) in [5.74, 6) is 0.0376. The lowest BCUT2D eigenvalue weighted by Crippen LogP contribution is -2.32. The minimum absolute atomic E-state index is 0. The van der Waals surface area contributed by atoms with Crippen molar-refractivity contribution in [3.05, 3.63) is 34.3 Å². The molecular formula is C14H18Cl2F3NO. The van der Waals surface area contributed by atoms with Crippen molar-refractivity contribution in [1.82, 2.24) is 0 Å². The van der Waals surface area contributed by atoms with Crippen molar-refractivity contribution in [2.24, 2.45) is 11.7 Å². The van der Waals surface area contributed by atoms with Crippen molar-refractivity contribution in [2.45, 2.75) is 44.0 Å². The van der Waals surface area contributed by atoms with Gasteiger partial charge in [-0.1, -0.05) is 24.4 Å². The van der Waals surface area contributed by atoms with Crippen LogP contribution in [0.1, 0.15) is 42.9 Å². The molecule has 0 unspecified atom stereocenters. The Balaban J connectivity index is 0.00000220. The second-order valence-corrected chi connectivity index (χ2v) is 5.70. The van der Waals surface area contributed by atoms with Crippen molar-refractivity contribution >= 4 is 24.0 Å². The van der Waals surface area contributed by atoms with Crippen molar-refractivity contribution < 1.29 is 18.3 Å². The van der Waals surface area contributed by atoms with Crippen LogP contribution >= 0.6 is 24.0 Å². The molecule has 1 saturated carbocycles. The summed E-state index contributed by atoms with van der Waals surface area (Å²) >= 11 is 5.93. The van der Waals surface area contributed by atoms with Gasteiger partial charge in [-0.05, 0) is 42.5 Å². The van der Waals surface area contributed by atoms with Crippen LogP contribution in [0.25, 0.3) is 0 Å². The number of alkyl halides is 3. The number of aliphatic hydroxyl groups is 1. The van der Waals surface area contributed by atoms with Crippen molar-refractivity contribution in [3.8, 4) is 0 Å². The molecule has 0 spiro atoms. The molecule has 0 saturated heterocycles. The number of hydrogen-bond acceptors (Lipinski definition) is 2. The van der Waals surface area contributed by atoms with Crippen LogP contribution in [-0.2, 0) is 6.18 Å². The lowest BCUT2D eigenvalue weighted by molar-refractivity contribution is -0.137. The molecule has 1 fully saturated rings. The van der Waals surface area contributed by atoms with Crippen molar-refractivity contribution in [2.75, 3.05) is 0 Å². The average molecular weight is 344 g/mol. The Morgan fingerprint density at radius 2 is 1.81 bits per heavy atom. The van der Waals surface area contributed by atoms with Crippen LogP contribution < -0.4 is 5.73 Å². The maximum atomic E-state index is 12.7. The summed E-state index contributed by atoms with van der Waals surface area (Å²) in [6.45, 7) is 0. The third-order valence-electron chi connectivity index (χ3n) is 3.93. The van der Waals surface area contributed by atoms with Gasteiger partial charge in [-0.25, -0.2) is 0 Å². The Morgan fingerprint density at radius 3 is 2.33 bits per heavy atom. The van der Waals surface area contributed by atoms with Crippen LogP contribution in [0, 0.1) is 5.92 Å². The molecule has 0 bridgehead atoms. The predicted molar refractivity (Wildman–Crippen MR) is 78.6 cm³/mol. The highest BCUT2D eigenvalue weighted by molar-refractivity contribution is 6.31. The third-order valence-corrected chi connectivity index (χ3v) is 4.28. The highest BCUT2D eigenvalue weighted by Gasteiger charge is 2.34. The molecule has 1 aliphatic rings. The zero-order chi connectivity index (χ0) is 14.9. The summed E-state index contributed by atoms with van der Waals surface area (Å²) in [7, 11) is 0. The van der Waals surface area contributed by atoms with Crippen LogP contribution in [0.5, 0.6) is 0 Å². The normalized spacial score (nSPS) is 19.1. The zero-order valence-electron chi connectivity index (χ0n) is 11.2. The SMILES string of the molecule is Cl.N[C@H](c1cc(C(F)(F)F)ccc1Cl)[C@@H](O)C1CCCC1. The van der Waals surface area contributed by atoms with E-state index in [-0.39, 0.29) is 28.9 Å². The van der Waals surface area contributed by atoms with E-state index in [1.165, 1.54) is 6.07 Å². The largest absolute Gasteiger partial charge is 0.416 e. The molecule has 1 aromatic carbocycles. The number of aliphatic hydroxyl groups excluding tert-OH is 1. The van der Waals surface area contributed by atoms with E-state index in [1.807, 2.05) is 0 Å². The van der Waals surface area contributed by atoms with E-state index in [1.54, 1.807) is 0 Å². The monoisotopic (exact) mass is 343 g/mol. The molecule has 120 valence electrons. The van der Waals surface area contributed by atoms with Gasteiger partial charge in [0.1, 0.15) is 0 Å². The lowest BCUT2D eigenvalue weighted by atomic mass is 9.90. The molecule has 2 rings (SSSR count). The Morgan fingerprint density at radius 1 is 1.24 bits per heavy atom. The Labute approximate surface area is 132 Å². The molecule has 0 aliphatic heterocycles. The van der Waals surface area contributed by atoms with Gasteiger partial charge in [-0.2, -0.15) is 13.2 Å². The van der Waals surface area contributed by atoms with E-state index < -0.39 is 23.9 Å². The van der Waals surface area contributed by atoms with Crippen molar-refractivity contribution in [1.29, 1.82) is 0 Å². The van der Waals surface area contributed by atoms with Crippen LogP contribution in [0.4, 0.5) is 13.2 Å². The van der Waals surface area contributed by atoms with Gasteiger partial charge in [0.25, 0.3) is 0 Å². The second-order valence-electron chi connectivity index (χ2n) is 5.29. The summed E-state index contributed by atoms with van der Waals surface area (Å²) < 4.78 is 38.2. The molecule has 2 nitrogen and oxygen atoms in total. The van der Waals surface area contributed by atoms with Crippen LogP contribution in [0.3, 0.4) is 0 Å². The number of rotatable bonds is 3. The number of hydrogen-bond donors (Lipinski definition) is 2. The third kappa shape index (κ3) is 4.25. The summed E-state index contributed by atoms with van der Waals surface area (Å²) in [5, 5.41) is 10.4. The van der Waals surface area contributed by atoms with Gasteiger partial charge >= 0.3 is 6.18 Å². The second kappa shape index (κ2) is 7.18. The summed E-state index contributed by atoms with van der Waals surface area (Å²) in [4.78, 5) is 0. The minimum atomic E-state index is -4.45. The van der Waals surface area contributed by atoms with Gasteiger partial charge in [0.15, 0.2) is 0 Å². The smallest absolute Gasteiger partial charge is 0.391 e. The van der Waals surface area contributed by atoms with Gasteiger partial charge in [-0.15, -0.1) is 12.4 Å². The topological polar surface area (TPSA) is 46.2 Å². The van der Waals surface area contributed by atoms with Crippen LogP contribution in [0.2, 0.25) is 5.02 Å². The Kier molecular flexibility index (Phi) is 6.35. The van der Waals surface area contributed by atoms with E-state index >= 15 is 0 Å². The predicted octanol–water partition coefficient (Wildman–Crippen LogP) is 4.33. The molecule has 0 heterocycles. The highest BCUT2D eigenvalue weighted by atomic mass is 35.5. The van der Waals surface area contributed by atoms with E-state index in [9.17, 15) is 18.3 Å². The van der Waals surface area contributed by atoms with Gasteiger partial charge in [0.05, 0.1) is 17.7 Å². The molecule has 2 atom stereocenters. The van der Waals surface area contributed by atoms with Gasteiger partial charge in [0, 0.05) is 5.02 Å². The van der Waals surface area contributed by atoms with Crippen molar-refractivity contribution in [3.63, 3.8) is 0 Å². The Hall–Kier alpha value is -0.490. The molecule has 0 aromatic heterocycles. The highest BCUT2D eigenvalue weighted by Crippen LogP contribution is 2.37. The van der Waals surface area contributed by atoms with E-state index in [0.29, 0.717) is 0 Å². The minimum Gasteiger partial charge on any atom is -0.391 e. The molecule has 1 aliphatic carbocycles. The number of benzene rings is 1. The molecular weight excluding hydrogens is 326 g/mol. The first-order valence-electron chi connectivity index (χ1n) is 6.61. The summed E-state index contributed by atoms with van der Waals surface area (Å²) in [6, 6.07) is 2.14. The maximum Gasteiger partial charge on any atom is 0.416 e. The first-order chi connectivity index (χ1) is 9.30. The fourth-order valence-corrected chi connectivity index (χ4v) is 3.00. The molecule has 3 N–H and O–H groups in total. The van der Waals surface area contributed by atoms with Gasteiger partial charge < -0.3 is 10.8 Å². The van der Waals surface area contributed by atoms with Gasteiger partial charge in [0.2, 0.25) is 0 Å². The number of nitrogens with two attached hydrogens (primary N) is 1. The van der Waals surface area contributed by atoms with Crippen LogP contribution in [-0.4, -0.2) is 11.2 Å². The van der Waals surface area contributed by atoms with Crippen LogP contribution in [0.15, 0.2) is 18.2 Å². The first-order valence-corrected chi connectivity index (χ1v) is 6.99. The summed E-state index contributed by atoms with van der Waals surface area (Å²) in [6.07, 6.45) is -1.57. The fraction of sp³-hybridized carbons (Fsp3) is 0.571. The zero-order valence-corrected chi connectivity index (χ0v) is 12.8. The van der Waals surface area contributed by atoms with Gasteiger partial charge in [-0.3, -0.25) is 0 Å². The average Bonchev–Trinajstić information content (AvgIpc) is 2.90. The molecule has 0 amide bonds. The fourth-order valence-electron chi connectivity index (χ4n) is 2.75. The van der Waals surface area contributed by atoms with E-state index in [0.717, 1.165) is 37.8 Å². The molecule has 7 heteroatoms. The Bertz CT molecular complexity index is 476. The van der Waals surface area contributed by atoms with E-state index in [2.05, 4.69) is 0 Å². The summed E-state index contributed by atoms with van der Waals surface area (Å²) in [5.41, 5.74) is 5.28. The maximum absolute atomic E-state index is 12.7. The molecule has 0 radical (unpaired) electrons. The molecule has 21 heavy (non-hydrogen) atoms. The standard InChI is InChI=1S/C14H17ClF3NO.ClH/c15-11-6-5-9(14(16,17)18)7-10(11)12(19)13(20)8-3-1-2-4-8;/h5-8,12-13,20H,1-4,19H2;1H/t12-,13+;/m1./s1. The quantitative estimate of drug-likeness (QED) is 0.857. The molecule has 1 aromatic rings. The van der Waals surface area contributed by atoms with E-state index in [4.69, 9.17) is 17.3 Å². The lowest BCUT2D eigenvalue weighted by Gasteiger charge is -2.25. The first kappa shape index (κ1) is 18.6. The number of halogens is 5.